The molecule has 37 heavy (non-hydrogen) atoms. The van der Waals surface area contributed by atoms with Gasteiger partial charge in [-0.3, -0.25) is 9.69 Å². The Balaban J connectivity index is 1.53. The Labute approximate surface area is 214 Å². The van der Waals surface area contributed by atoms with Gasteiger partial charge >= 0.3 is 12.1 Å². The van der Waals surface area contributed by atoms with Gasteiger partial charge in [0.05, 0.1) is 18.4 Å². The number of rotatable bonds is 7. The lowest BCUT2D eigenvalue weighted by Gasteiger charge is -2.43. The minimum Gasteiger partial charge on any atom is -0.493 e. The molecule has 202 valence electrons. The summed E-state index contributed by atoms with van der Waals surface area (Å²) in [6, 6.07) is 9.02. The van der Waals surface area contributed by atoms with Crippen LogP contribution in [-0.4, -0.2) is 60.3 Å². The van der Waals surface area contributed by atoms with E-state index >= 15 is 0 Å². The Morgan fingerprint density at radius 2 is 1.78 bits per heavy atom. The van der Waals surface area contributed by atoms with Crippen molar-refractivity contribution in [1.82, 2.24) is 9.80 Å². The average molecular weight is 523 g/mol. The van der Waals surface area contributed by atoms with Gasteiger partial charge in [0.1, 0.15) is 11.5 Å². The molecule has 2 aromatic rings. The van der Waals surface area contributed by atoms with Crippen LogP contribution in [-0.2, 0) is 16.1 Å². The van der Waals surface area contributed by atoms with E-state index in [-0.39, 0.29) is 12.5 Å². The molecule has 2 aliphatic heterocycles. The molecular weight excluding hydrogens is 489 g/mol. The maximum Gasteiger partial charge on any atom is 0.490 e. The van der Waals surface area contributed by atoms with Gasteiger partial charge in [-0.1, -0.05) is 32.0 Å². The van der Waals surface area contributed by atoms with E-state index in [0.717, 1.165) is 5.56 Å². The molecular formula is C27H33F3N2O5. The zero-order chi connectivity index (χ0) is 26.8. The van der Waals surface area contributed by atoms with Crippen molar-refractivity contribution in [2.75, 3.05) is 26.2 Å². The van der Waals surface area contributed by atoms with Gasteiger partial charge in [0.25, 0.3) is 5.91 Å². The van der Waals surface area contributed by atoms with Gasteiger partial charge in [0, 0.05) is 37.2 Å². The number of carbonyl (C=O) groups excluding carboxylic acids is 2. The molecule has 0 saturated carbocycles. The van der Waals surface area contributed by atoms with E-state index in [4.69, 9.17) is 13.9 Å². The highest BCUT2D eigenvalue weighted by Crippen LogP contribution is 2.47. The second-order valence-corrected chi connectivity index (χ2v) is 10.3. The molecule has 2 aliphatic rings. The Morgan fingerprint density at radius 1 is 1.11 bits per heavy atom. The van der Waals surface area contributed by atoms with E-state index in [0.29, 0.717) is 68.5 Å². The van der Waals surface area contributed by atoms with Gasteiger partial charge in [-0.15, -0.1) is 0 Å². The molecule has 0 radical (unpaired) electrons. The lowest BCUT2D eigenvalue weighted by atomic mass is 9.76. The third-order valence-corrected chi connectivity index (χ3v) is 7.26. The molecule has 0 N–H and O–H groups in total. The molecule has 0 aliphatic carbocycles. The Kier molecular flexibility index (Phi) is 7.87. The van der Waals surface area contributed by atoms with E-state index in [9.17, 15) is 22.8 Å². The topological polar surface area (TPSA) is 72.2 Å². The van der Waals surface area contributed by atoms with Crippen molar-refractivity contribution in [3.05, 3.63) is 53.5 Å². The van der Waals surface area contributed by atoms with Crippen LogP contribution in [0.4, 0.5) is 13.2 Å². The summed E-state index contributed by atoms with van der Waals surface area (Å²) in [6.07, 6.45) is -3.29. The van der Waals surface area contributed by atoms with Gasteiger partial charge in [0.2, 0.25) is 0 Å². The molecule has 4 rings (SSSR count). The summed E-state index contributed by atoms with van der Waals surface area (Å²) in [5, 5.41) is 0. The maximum absolute atomic E-state index is 13.2. The number of hydrogen-bond acceptors (Lipinski definition) is 6. The number of para-hydroxylation sites is 1. The van der Waals surface area contributed by atoms with Crippen LogP contribution in [0.1, 0.15) is 54.8 Å². The summed E-state index contributed by atoms with van der Waals surface area (Å²) >= 11 is 0. The Hall–Kier alpha value is -3.01. The van der Waals surface area contributed by atoms with Crippen LogP contribution in [0.5, 0.6) is 5.75 Å². The average Bonchev–Trinajstić information content (AvgIpc) is 3.42. The van der Waals surface area contributed by atoms with Crippen molar-refractivity contribution in [2.45, 2.75) is 59.0 Å². The van der Waals surface area contributed by atoms with Crippen LogP contribution >= 0.6 is 0 Å². The number of esters is 1. The van der Waals surface area contributed by atoms with Crippen molar-refractivity contribution >= 4 is 11.9 Å². The summed E-state index contributed by atoms with van der Waals surface area (Å²) in [5.41, 5.74) is 0.606. The largest absolute Gasteiger partial charge is 0.493 e. The number of likely N-dealkylation sites (tertiary alicyclic amines) is 2. The number of furan rings is 1. The molecule has 1 unspecified atom stereocenters. The minimum atomic E-state index is -5.09. The molecule has 0 bridgehead atoms. The summed E-state index contributed by atoms with van der Waals surface area (Å²) in [4.78, 5) is 28.4. The fourth-order valence-electron chi connectivity index (χ4n) is 5.20. The number of aryl methyl sites for hydroxylation is 1. The standard InChI is InChI=1S/C27H33F3N2O5/c1-18(2)17-36-22-7-5-4-6-20(22)16-32-14-11-26(24(32)37-25(34)27(28,29)30)9-12-31(13-10-26)23(33)21-8-15-35-19(21)3/h4-8,15,18,24H,9-14,16-17H2,1-3H3. The minimum absolute atomic E-state index is 0.170. The number of amides is 1. The molecule has 3 heterocycles. The molecule has 1 aromatic heterocycles. The van der Waals surface area contributed by atoms with E-state index in [1.54, 1.807) is 22.8 Å². The van der Waals surface area contributed by atoms with Crippen LogP contribution in [0.2, 0.25) is 0 Å². The van der Waals surface area contributed by atoms with Crippen molar-refractivity contribution in [3.63, 3.8) is 0 Å². The number of halogens is 3. The molecule has 2 fully saturated rings. The number of carbonyl (C=O) groups is 2. The normalized spacial score (nSPS) is 20.0. The SMILES string of the molecule is Cc1occc1C(=O)N1CCC2(CC1)CCN(Cc1ccccc1OCC(C)C)C2OC(=O)C(F)(F)F. The lowest BCUT2D eigenvalue weighted by Crippen LogP contribution is -2.51. The van der Waals surface area contributed by atoms with Crippen molar-refractivity contribution < 1.29 is 36.7 Å². The van der Waals surface area contributed by atoms with Crippen LogP contribution < -0.4 is 4.74 Å². The quantitative estimate of drug-likeness (QED) is 0.467. The van der Waals surface area contributed by atoms with Crippen molar-refractivity contribution in [1.29, 1.82) is 0 Å². The Bertz CT molecular complexity index is 1110. The van der Waals surface area contributed by atoms with Crippen LogP contribution in [0.25, 0.3) is 0 Å². The zero-order valence-corrected chi connectivity index (χ0v) is 21.3. The smallest absolute Gasteiger partial charge is 0.490 e. The predicted octanol–water partition coefficient (Wildman–Crippen LogP) is 5.18. The van der Waals surface area contributed by atoms with Gasteiger partial charge in [-0.2, -0.15) is 13.2 Å². The first-order valence-electron chi connectivity index (χ1n) is 12.6. The van der Waals surface area contributed by atoms with Gasteiger partial charge in [-0.25, -0.2) is 4.79 Å². The monoisotopic (exact) mass is 522 g/mol. The second-order valence-electron chi connectivity index (χ2n) is 10.3. The summed E-state index contributed by atoms with van der Waals surface area (Å²) < 4.78 is 56.1. The predicted molar refractivity (Wildman–Crippen MR) is 129 cm³/mol. The summed E-state index contributed by atoms with van der Waals surface area (Å²) in [5.74, 6) is -0.874. The summed E-state index contributed by atoms with van der Waals surface area (Å²) in [6.45, 7) is 7.73. The number of nitrogens with zero attached hydrogens (tertiary/aromatic N) is 2. The first-order valence-corrected chi connectivity index (χ1v) is 12.6. The highest BCUT2D eigenvalue weighted by atomic mass is 19.4. The first kappa shape index (κ1) is 27.0. The third-order valence-electron chi connectivity index (χ3n) is 7.26. The van der Waals surface area contributed by atoms with Crippen LogP contribution in [0.3, 0.4) is 0 Å². The highest BCUT2D eigenvalue weighted by molar-refractivity contribution is 5.95. The van der Waals surface area contributed by atoms with Crippen LogP contribution in [0.15, 0.2) is 41.0 Å². The molecule has 1 spiro atoms. The lowest BCUT2D eigenvalue weighted by molar-refractivity contribution is -0.220. The van der Waals surface area contributed by atoms with E-state index in [1.807, 2.05) is 38.1 Å². The van der Waals surface area contributed by atoms with E-state index in [1.165, 1.54) is 6.26 Å². The van der Waals surface area contributed by atoms with E-state index < -0.39 is 23.8 Å². The van der Waals surface area contributed by atoms with Crippen LogP contribution in [0, 0.1) is 18.3 Å². The van der Waals surface area contributed by atoms with Crippen molar-refractivity contribution in [2.24, 2.45) is 11.3 Å². The number of piperidine rings is 1. The molecule has 2 saturated heterocycles. The fraction of sp³-hybridized carbons (Fsp3) is 0.556. The van der Waals surface area contributed by atoms with E-state index in [2.05, 4.69) is 0 Å². The highest BCUT2D eigenvalue weighted by Gasteiger charge is 2.54. The van der Waals surface area contributed by atoms with Gasteiger partial charge in [-0.05, 0) is 44.2 Å². The number of ether oxygens (including phenoxy) is 2. The number of alkyl halides is 3. The van der Waals surface area contributed by atoms with Crippen molar-refractivity contribution in [3.8, 4) is 5.75 Å². The first-order chi connectivity index (χ1) is 17.5. The molecule has 1 aromatic carbocycles. The molecule has 10 heteroatoms. The summed E-state index contributed by atoms with van der Waals surface area (Å²) in [7, 11) is 0. The molecule has 1 atom stereocenters. The number of benzene rings is 1. The maximum atomic E-state index is 13.2. The third kappa shape index (κ3) is 5.95. The Morgan fingerprint density at radius 3 is 2.41 bits per heavy atom. The number of hydrogen-bond donors (Lipinski definition) is 0. The second kappa shape index (κ2) is 10.8. The fourth-order valence-corrected chi connectivity index (χ4v) is 5.20. The molecule has 1 amide bonds. The van der Waals surface area contributed by atoms with Gasteiger partial charge < -0.3 is 18.8 Å². The molecule has 7 nitrogen and oxygen atoms in total. The van der Waals surface area contributed by atoms with Gasteiger partial charge in [0.15, 0.2) is 6.23 Å². The zero-order valence-electron chi connectivity index (χ0n) is 21.3.